The molecule has 0 radical (unpaired) electrons. The maximum atomic E-state index is 10.2. The first-order valence-corrected chi connectivity index (χ1v) is 2.05. The van der Waals surface area contributed by atoms with Crippen LogP contribution in [0.25, 0.3) is 0 Å². The zero-order valence-electron chi connectivity index (χ0n) is 4.60. The fourth-order valence-electron chi connectivity index (χ4n) is 0.190. The number of nitrogens with two attached hydrogens (primary N) is 1. The minimum absolute atomic E-state index is 0. The molecule has 0 heterocycles. The SMILES string of the molecule is CCC(=O)C(=N)N.Cl. The van der Waals surface area contributed by atoms with Gasteiger partial charge >= 0.3 is 0 Å². The fourth-order valence-corrected chi connectivity index (χ4v) is 0.190. The third-order valence-electron chi connectivity index (χ3n) is 0.622. The van der Waals surface area contributed by atoms with E-state index in [0.717, 1.165) is 0 Å². The van der Waals surface area contributed by atoms with E-state index in [9.17, 15) is 4.79 Å². The second-order valence-corrected chi connectivity index (χ2v) is 1.19. The van der Waals surface area contributed by atoms with Crippen molar-refractivity contribution >= 4 is 24.0 Å². The third-order valence-corrected chi connectivity index (χ3v) is 0.622. The molecule has 0 aromatic carbocycles. The highest BCUT2D eigenvalue weighted by Crippen LogP contribution is 1.75. The molecule has 3 nitrogen and oxygen atoms in total. The smallest absolute Gasteiger partial charge is 0.196 e. The van der Waals surface area contributed by atoms with E-state index in [-0.39, 0.29) is 24.0 Å². The second-order valence-electron chi connectivity index (χ2n) is 1.19. The molecule has 0 spiro atoms. The monoisotopic (exact) mass is 136 g/mol. The summed E-state index contributed by atoms with van der Waals surface area (Å²) < 4.78 is 0. The molecule has 0 bridgehead atoms. The highest BCUT2D eigenvalue weighted by atomic mass is 35.5. The summed E-state index contributed by atoms with van der Waals surface area (Å²) in [7, 11) is 0. The highest BCUT2D eigenvalue weighted by Gasteiger charge is 1.97. The minimum Gasteiger partial charge on any atom is -0.381 e. The average Bonchev–Trinajstić information content (AvgIpc) is 1.65. The molecule has 4 heteroatoms. The van der Waals surface area contributed by atoms with Crippen LogP contribution in [-0.2, 0) is 4.79 Å². The van der Waals surface area contributed by atoms with Crippen LogP contribution in [0.15, 0.2) is 0 Å². The summed E-state index contributed by atoms with van der Waals surface area (Å²) in [6.07, 6.45) is 0.329. The number of amidine groups is 1. The van der Waals surface area contributed by atoms with Crippen molar-refractivity contribution in [2.75, 3.05) is 0 Å². The van der Waals surface area contributed by atoms with Gasteiger partial charge in [-0.3, -0.25) is 10.2 Å². The van der Waals surface area contributed by atoms with Gasteiger partial charge in [-0.05, 0) is 0 Å². The molecule has 0 aliphatic heterocycles. The molecular weight excluding hydrogens is 128 g/mol. The molecule has 0 saturated carbocycles. The summed E-state index contributed by atoms with van der Waals surface area (Å²) in [5, 5.41) is 6.53. The molecule has 0 unspecified atom stereocenters. The lowest BCUT2D eigenvalue weighted by atomic mass is 10.3. The summed E-state index contributed by atoms with van der Waals surface area (Å²) in [4.78, 5) is 10.2. The molecular formula is C4H9ClN2O. The van der Waals surface area contributed by atoms with Crippen molar-refractivity contribution in [1.82, 2.24) is 0 Å². The van der Waals surface area contributed by atoms with Gasteiger partial charge in [0.15, 0.2) is 11.6 Å². The Hall–Kier alpha value is -0.570. The number of ketones is 1. The molecule has 0 atom stereocenters. The van der Waals surface area contributed by atoms with Gasteiger partial charge in [0.25, 0.3) is 0 Å². The number of Topliss-reactive ketones (excluding diaryl/α,β-unsaturated/α-hetero) is 1. The van der Waals surface area contributed by atoms with Crippen LogP contribution in [0.4, 0.5) is 0 Å². The molecule has 0 saturated heterocycles. The Morgan fingerprint density at radius 3 is 2.12 bits per heavy atom. The molecule has 8 heavy (non-hydrogen) atoms. The second kappa shape index (κ2) is 4.59. The highest BCUT2D eigenvalue weighted by molar-refractivity contribution is 6.36. The van der Waals surface area contributed by atoms with Crippen LogP contribution in [0.1, 0.15) is 13.3 Å². The minimum atomic E-state index is -0.345. The largest absolute Gasteiger partial charge is 0.381 e. The Kier molecular flexibility index (Phi) is 5.97. The number of nitrogens with one attached hydrogen (secondary N) is 1. The lowest BCUT2D eigenvalue weighted by molar-refractivity contribution is -0.112. The van der Waals surface area contributed by atoms with E-state index >= 15 is 0 Å². The van der Waals surface area contributed by atoms with Gasteiger partial charge in [-0.2, -0.15) is 0 Å². The van der Waals surface area contributed by atoms with Crippen LogP contribution in [0.5, 0.6) is 0 Å². The molecule has 0 fully saturated rings. The quantitative estimate of drug-likeness (QED) is 0.424. The Morgan fingerprint density at radius 2 is 2.12 bits per heavy atom. The number of rotatable bonds is 2. The third kappa shape index (κ3) is 3.61. The Labute approximate surface area is 54.2 Å². The van der Waals surface area contributed by atoms with Crippen LogP contribution in [0.2, 0.25) is 0 Å². The van der Waals surface area contributed by atoms with Gasteiger partial charge in [0, 0.05) is 6.42 Å². The van der Waals surface area contributed by atoms with E-state index in [1.165, 1.54) is 0 Å². The number of halogens is 1. The van der Waals surface area contributed by atoms with Gasteiger partial charge < -0.3 is 5.73 Å². The van der Waals surface area contributed by atoms with Crippen molar-refractivity contribution in [3.63, 3.8) is 0 Å². The topological polar surface area (TPSA) is 66.9 Å². The molecule has 0 aromatic rings. The van der Waals surface area contributed by atoms with Crippen LogP contribution < -0.4 is 5.73 Å². The molecule has 48 valence electrons. The first-order valence-electron chi connectivity index (χ1n) is 2.05. The molecule has 0 aromatic heterocycles. The zero-order chi connectivity index (χ0) is 5.86. The van der Waals surface area contributed by atoms with Crippen molar-refractivity contribution in [2.45, 2.75) is 13.3 Å². The van der Waals surface area contributed by atoms with E-state index in [1.807, 2.05) is 0 Å². The maximum Gasteiger partial charge on any atom is 0.196 e. The normalized spacial score (nSPS) is 7.12. The first kappa shape index (κ1) is 10.4. The van der Waals surface area contributed by atoms with Gasteiger partial charge in [0.05, 0.1) is 0 Å². The van der Waals surface area contributed by atoms with Crippen LogP contribution in [-0.4, -0.2) is 11.6 Å². The van der Waals surface area contributed by atoms with Crippen LogP contribution in [0, 0.1) is 5.41 Å². The molecule has 3 N–H and O–H groups in total. The standard InChI is InChI=1S/C4H8N2O.ClH/c1-2-3(7)4(5)6;/h2H2,1H3,(H3,5,6);1H. The molecule has 0 aliphatic carbocycles. The van der Waals surface area contributed by atoms with Crippen LogP contribution >= 0.6 is 12.4 Å². The summed E-state index contributed by atoms with van der Waals surface area (Å²) in [5.74, 6) is -0.637. The van der Waals surface area contributed by atoms with Crippen molar-refractivity contribution in [1.29, 1.82) is 5.41 Å². The lowest BCUT2D eigenvalue weighted by Crippen LogP contribution is -2.20. The number of hydrogen-bond donors (Lipinski definition) is 2. The Bertz CT molecular complexity index is 102. The fraction of sp³-hybridized carbons (Fsp3) is 0.500. The van der Waals surface area contributed by atoms with Gasteiger partial charge in [-0.15, -0.1) is 12.4 Å². The van der Waals surface area contributed by atoms with Crippen molar-refractivity contribution in [3.8, 4) is 0 Å². The van der Waals surface area contributed by atoms with E-state index in [0.29, 0.717) is 6.42 Å². The van der Waals surface area contributed by atoms with Gasteiger partial charge in [0.1, 0.15) is 0 Å². The van der Waals surface area contributed by atoms with E-state index in [4.69, 9.17) is 11.1 Å². The average molecular weight is 137 g/mol. The molecule has 0 aliphatic rings. The van der Waals surface area contributed by atoms with Crippen molar-refractivity contribution in [2.24, 2.45) is 5.73 Å². The summed E-state index contributed by atoms with van der Waals surface area (Å²) in [6, 6.07) is 0. The van der Waals surface area contributed by atoms with E-state index < -0.39 is 0 Å². The maximum absolute atomic E-state index is 10.2. The number of hydrogen-bond acceptors (Lipinski definition) is 2. The molecule has 0 amide bonds. The summed E-state index contributed by atoms with van der Waals surface area (Å²) >= 11 is 0. The lowest BCUT2D eigenvalue weighted by Gasteiger charge is -1.86. The van der Waals surface area contributed by atoms with Gasteiger partial charge in [-0.1, -0.05) is 6.92 Å². The van der Waals surface area contributed by atoms with Gasteiger partial charge in [0.2, 0.25) is 0 Å². The Balaban J connectivity index is 0. The predicted molar refractivity (Wildman–Crippen MR) is 34.5 cm³/mol. The summed E-state index contributed by atoms with van der Waals surface area (Å²) in [5.41, 5.74) is 4.78. The zero-order valence-corrected chi connectivity index (χ0v) is 5.42. The number of carbonyl (C=O) groups excluding carboxylic acids is 1. The molecule has 0 rings (SSSR count). The predicted octanol–water partition coefficient (Wildman–Crippen LogP) is 0.323. The van der Waals surface area contributed by atoms with E-state index in [2.05, 4.69) is 0 Å². The van der Waals surface area contributed by atoms with Crippen molar-refractivity contribution in [3.05, 3.63) is 0 Å². The summed E-state index contributed by atoms with van der Waals surface area (Å²) in [6.45, 7) is 1.67. The Morgan fingerprint density at radius 1 is 1.75 bits per heavy atom. The first-order chi connectivity index (χ1) is 3.18. The number of carbonyl (C=O) groups is 1. The van der Waals surface area contributed by atoms with E-state index in [1.54, 1.807) is 6.92 Å². The van der Waals surface area contributed by atoms with Crippen molar-refractivity contribution < 1.29 is 4.79 Å². The van der Waals surface area contributed by atoms with Gasteiger partial charge in [-0.25, -0.2) is 0 Å². The van der Waals surface area contributed by atoms with Crippen LogP contribution in [0.3, 0.4) is 0 Å².